The van der Waals surface area contributed by atoms with E-state index in [4.69, 9.17) is 23.8 Å². The summed E-state index contributed by atoms with van der Waals surface area (Å²) in [5.74, 6) is 0. The van der Waals surface area contributed by atoms with E-state index in [0.29, 0.717) is 5.02 Å². The Morgan fingerprint density at radius 3 is 2.50 bits per heavy atom. The number of nitrogens with one attached hydrogen (secondary N) is 1. The Labute approximate surface area is 165 Å². The number of benzene rings is 1. The Morgan fingerprint density at radius 1 is 1.19 bits per heavy atom. The number of piperazine rings is 1. The van der Waals surface area contributed by atoms with Gasteiger partial charge in [-0.3, -0.25) is 9.58 Å². The van der Waals surface area contributed by atoms with Gasteiger partial charge in [-0.05, 0) is 50.7 Å². The SMILES string of the molecule is Cc1ccc(Cl)cc1NC(=S)N1CCN(Cc2c(C)nn(C)c2C)CC1. The Hall–Kier alpha value is -1.63. The molecule has 0 atom stereocenters. The van der Waals surface area contributed by atoms with Crippen LogP contribution in [0, 0.1) is 20.8 Å². The highest BCUT2D eigenvalue weighted by molar-refractivity contribution is 7.80. The van der Waals surface area contributed by atoms with Crippen LogP contribution in [-0.2, 0) is 13.6 Å². The average molecular weight is 392 g/mol. The van der Waals surface area contributed by atoms with Crippen LogP contribution in [0.2, 0.25) is 5.02 Å². The molecule has 0 spiro atoms. The van der Waals surface area contributed by atoms with Crippen molar-refractivity contribution in [3.63, 3.8) is 0 Å². The molecular formula is C19H26ClN5S. The van der Waals surface area contributed by atoms with E-state index in [0.717, 1.165) is 54.8 Å². The summed E-state index contributed by atoms with van der Waals surface area (Å²) >= 11 is 11.7. The van der Waals surface area contributed by atoms with E-state index < -0.39 is 0 Å². The molecule has 0 amide bonds. The minimum atomic E-state index is 0.716. The predicted octanol–water partition coefficient (Wildman–Crippen LogP) is 3.51. The quantitative estimate of drug-likeness (QED) is 0.810. The van der Waals surface area contributed by atoms with E-state index in [9.17, 15) is 0 Å². The van der Waals surface area contributed by atoms with Gasteiger partial charge < -0.3 is 10.2 Å². The van der Waals surface area contributed by atoms with E-state index >= 15 is 0 Å². The van der Waals surface area contributed by atoms with Gasteiger partial charge in [-0.15, -0.1) is 0 Å². The van der Waals surface area contributed by atoms with Gasteiger partial charge >= 0.3 is 0 Å². The molecule has 1 fully saturated rings. The molecule has 0 unspecified atom stereocenters. The van der Waals surface area contributed by atoms with Crippen LogP contribution in [0.1, 0.15) is 22.5 Å². The van der Waals surface area contributed by atoms with Gasteiger partial charge in [0.1, 0.15) is 0 Å². The van der Waals surface area contributed by atoms with Gasteiger partial charge in [-0.2, -0.15) is 5.10 Å². The van der Waals surface area contributed by atoms with Gasteiger partial charge in [-0.25, -0.2) is 0 Å². The van der Waals surface area contributed by atoms with E-state index in [1.54, 1.807) is 0 Å². The van der Waals surface area contributed by atoms with Crippen LogP contribution in [-0.4, -0.2) is 50.9 Å². The molecule has 7 heteroatoms. The molecule has 1 aromatic carbocycles. The van der Waals surface area contributed by atoms with Crippen molar-refractivity contribution in [2.24, 2.45) is 7.05 Å². The van der Waals surface area contributed by atoms with Gasteiger partial charge in [0.2, 0.25) is 0 Å². The molecule has 5 nitrogen and oxygen atoms in total. The fraction of sp³-hybridized carbons (Fsp3) is 0.474. The van der Waals surface area contributed by atoms with Crippen molar-refractivity contribution in [1.82, 2.24) is 19.6 Å². The Balaban J connectivity index is 1.56. The molecule has 1 aliphatic heterocycles. The Morgan fingerprint density at radius 2 is 1.88 bits per heavy atom. The maximum absolute atomic E-state index is 6.10. The molecule has 0 radical (unpaired) electrons. The highest BCUT2D eigenvalue weighted by Crippen LogP contribution is 2.21. The fourth-order valence-electron chi connectivity index (χ4n) is 3.30. The van der Waals surface area contributed by atoms with Crippen LogP contribution in [0.5, 0.6) is 0 Å². The van der Waals surface area contributed by atoms with Crippen LogP contribution in [0.4, 0.5) is 5.69 Å². The van der Waals surface area contributed by atoms with Crippen LogP contribution < -0.4 is 5.32 Å². The minimum Gasteiger partial charge on any atom is -0.346 e. The Bertz CT molecular complexity index is 809. The lowest BCUT2D eigenvalue weighted by atomic mass is 10.1. The zero-order valence-electron chi connectivity index (χ0n) is 15.8. The average Bonchev–Trinajstić information content (AvgIpc) is 2.85. The second-order valence-corrected chi connectivity index (χ2v) is 7.75. The molecule has 0 aliphatic carbocycles. The molecule has 0 saturated carbocycles. The van der Waals surface area contributed by atoms with E-state index in [2.05, 4.69) is 41.0 Å². The van der Waals surface area contributed by atoms with Crippen molar-refractivity contribution >= 4 is 34.6 Å². The minimum absolute atomic E-state index is 0.716. The first-order valence-electron chi connectivity index (χ1n) is 8.88. The molecule has 1 saturated heterocycles. The molecule has 140 valence electrons. The monoisotopic (exact) mass is 391 g/mol. The zero-order chi connectivity index (χ0) is 18.8. The molecule has 0 bridgehead atoms. The number of hydrogen-bond acceptors (Lipinski definition) is 3. The summed E-state index contributed by atoms with van der Waals surface area (Å²) in [4.78, 5) is 4.70. The number of aromatic nitrogens is 2. The summed E-state index contributed by atoms with van der Waals surface area (Å²) in [6, 6.07) is 5.82. The molecule has 2 aromatic rings. The normalized spacial score (nSPS) is 15.3. The highest BCUT2D eigenvalue weighted by atomic mass is 35.5. The lowest BCUT2D eigenvalue weighted by Gasteiger charge is -2.36. The summed E-state index contributed by atoms with van der Waals surface area (Å²) < 4.78 is 1.97. The standard InChI is InChI=1S/C19H26ClN5S/c1-13-5-6-16(20)11-18(13)21-19(26)25-9-7-24(8-10-25)12-17-14(2)22-23(4)15(17)3/h5-6,11H,7-10,12H2,1-4H3,(H,21,26). The van der Waals surface area contributed by atoms with Gasteiger partial charge in [-0.1, -0.05) is 17.7 Å². The second-order valence-electron chi connectivity index (χ2n) is 6.93. The number of nitrogens with zero attached hydrogens (tertiary/aromatic N) is 4. The summed E-state index contributed by atoms with van der Waals surface area (Å²) in [6.07, 6.45) is 0. The van der Waals surface area contributed by atoms with Gasteiger partial charge in [0.05, 0.1) is 5.69 Å². The van der Waals surface area contributed by atoms with Crippen LogP contribution in [0.3, 0.4) is 0 Å². The molecule has 1 aromatic heterocycles. The molecule has 1 aliphatic rings. The van der Waals surface area contributed by atoms with Crippen molar-refractivity contribution in [2.45, 2.75) is 27.3 Å². The Kier molecular flexibility index (Phi) is 5.85. The topological polar surface area (TPSA) is 36.3 Å². The van der Waals surface area contributed by atoms with Crippen molar-refractivity contribution in [1.29, 1.82) is 0 Å². The van der Waals surface area contributed by atoms with Crippen molar-refractivity contribution in [3.05, 3.63) is 45.7 Å². The number of hydrogen-bond donors (Lipinski definition) is 1. The molecule has 3 rings (SSSR count). The third kappa shape index (κ3) is 4.19. The summed E-state index contributed by atoms with van der Waals surface area (Å²) in [5, 5.41) is 9.35. The maximum Gasteiger partial charge on any atom is 0.173 e. The van der Waals surface area contributed by atoms with Gasteiger partial charge in [0.15, 0.2) is 5.11 Å². The van der Waals surface area contributed by atoms with Crippen molar-refractivity contribution in [2.75, 3.05) is 31.5 Å². The van der Waals surface area contributed by atoms with Gasteiger partial charge in [0.25, 0.3) is 0 Å². The van der Waals surface area contributed by atoms with Crippen LogP contribution in [0.25, 0.3) is 0 Å². The van der Waals surface area contributed by atoms with E-state index in [1.165, 1.54) is 11.3 Å². The first-order valence-corrected chi connectivity index (χ1v) is 9.67. The number of aryl methyl sites for hydroxylation is 3. The summed E-state index contributed by atoms with van der Waals surface area (Å²) in [5.41, 5.74) is 5.83. The van der Waals surface area contributed by atoms with E-state index in [1.807, 2.05) is 29.9 Å². The number of thiocarbonyl (C=S) groups is 1. The van der Waals surface area contributed by atoms with Gasteiger partial charge in [0, 0.05) is 61.7 Å². The third-order valence-corrected chi connectivity index (χ3v) is 5.74. The number of anilines is 1. The number of halogens is 1. The largest absolute Gasteiger partial charge is 0.346 e. The predicted molar refractivity (Wildman–Crippen MR) is 112 cm³/mol. The first-order chi connectivity index (χ1) is 12.3. The first kappa shape index (κ1) is 19.1. The molecule has 2 heterocycles. The maximum atomic E-state index is 6.10. The van der Waals surface area contributed by atoms with E-state index in [-0.39, 0.29) is 0 Å². The third-order valence-electron chi connectivity index (χ3n) is 5.14. The van der Waals surface area contributed by atoms with Crippen LogP contribution in [0.15, 0.2) is 18.2 Å². The van der Waals surface area contributed by atoms with Crippen molar-refractivity contribution in [3.8, 4) is 0 Å². The second kappa shape index (κ2) is 7.94. The lowest BCUT2D eigenvalue weighted by Crippen LogP contribution is -2.49. The smallest absolute Gasteiger partial charge is 0.173 e. The number of rotatable bonds is 3. The summed E-state index contributed by atoms with van der Waals surface area (Å²) in [7, 11) is 2.01. The van der Waals surface area contributed by atoms with Crippen molar-refractivity contribution < 1.29 is 0 Å². The summed E-state index contributed by atoms with van der Waals surface area (Å²) in [6.45, 7) is 11.1. The molecular weight excluding hydrogens is 366 g/mol. The molecule has 1 N–H and O–H groups in total. The fourth-order valence-corrected chi connectivity index (χ4v) is 3.77. The zero-order valence-corrected chi connectivity index (χ0v) is 17.4. The highest BCUT2D eigenvalue weighted by Gasteiger charge is 2.21. The molecule has 26 heavy (non-hydrogen) atoms. The lowest BCUT2D eigenvalue weighted by molar-refractivity contribution is 0.176. The van der Waals surface area contributed by atoms with Crippen LogP contribution >= 0.6 is 23.8 Å².